The number of carbonyl (C=O) groups is 1. The van der Waals surface area contributed by atoms with Gasteiger partial charge in [-0.25, -0.2) is 8.42 Å². The molecule has 0 aliphatic carbocycles. The first-order valence-corrected chi connectivity index (χ1v) is 10.0. The van der Waals surface area contributed by atoms with Crippen LogP contribution in [0.2, 0.25) is 0 Å². The number of sulfonamides is 1. The zero-order chi connectivity index (χ0) is 18.6. The van der Waals surface area contributed by atoms with Crippen molar-refractivity contribution in [1.29, 1.82) is 0 Å². The van der Waals surface area contributed by atoms with Crippen LogP contribution < -0.4 is 10.0 Å². The van der Waals surface area contributed by atoms with Crippen LogP contribution in [-0.2, 0) is 10.0 Å². The number of benzene rings is 2. The van der Waals surface area contributed by atoms with Crippen molar-refractivity contribution in [1.82, 2.24) is 5.32 Å². The van der Waals surface area contributed by atoms with Crippen LogP contribution in [0, 0.1) is 13.8 Å². The second-order valence-electron chi connectivity index (χ2n) is 6.21. The van der Waals surface area contributed by atoms with Gasteiger partial charge in [0.25, 0.3) is 5.91 Å². The minimum absolute atomic E-state index is 0.139. The zero-order valence-corrected chi connectivity index (χ0v) is 15.8. The SMILES string of the molecule is CC[C@@H](NC(=O)c1ccccc1NS(C)(=O)=O)c1ccc(C)cc1C. The van der Waals surface area contributed by atoms with Gasteiger partial charge in [-0.3, -0.25) is 9.52 Å². The van der Waals surface area contributed by atoms with Gasteiger partial charge in [-0.05, 0) is 43.5 Å². The maximum absolute atomic E-state index is 12.7. The van der Waals surface area contributed by atoms with Gasteiger partial charge in [-0.2, -0.15) is 0 Å². The van der Waals surface area contributed by atoms with E-state index in [-0.39, 0.29) is 17.6 Å². The molecular formula is C19H24N2O3S. The van der Waals surface area contributed by atoms with E-state index in [0.29, 0.717) is 5.56 Å². The van der Waals surface area contributed by atoms with Gasteiger partial charge in [0, 0.05) is 0 Å². The number of para-hydroxylation sites is 1. The fourth-order valence-corrected chi connectivity index (χ4v) is 3.40. The summed E-state index contributed by atoms with van der Waals surface area (Å²) in [4.78, 5) is 12.7. The quantitative estimate of drug-likeness (QED) is 0.827. The maximum Gasteiger partial charge on any atom is 0.253 e. The van der Waals surface area contributed by atoms with Crippen molar-refractivity contribution in [3.63, 3.8) is 0 Å². The lowest BCUT2D eigenvalue weighted by Crippen LogP contribution is -2.29. The van der Waals surface area contributed by atoms with Crippen LogP contribution >= 0.6 is 0 Å². The van der Waals surface area contributed by atoms with Crippen LogP contribution in [0.5, 0.6) is 0 Å². The summed E-state index contributed by atoms with van der Waals surface area (Å²) in [5.41, 5.74) is 3.93. The van der Waals surface area contributed by atoms with Gasteiger partial charge in [0.1, 0.15) is 0 Å². The monoisotopic (exact) mass is 360 g/mol. The molecule has 0 fully saturated rings. The van der Waals surface area contributed by atoms with E-state index >= 15 is 0 Å². The van der Waals surface area contributed by atoms with E-state index < -0.39 is 10.0 Å². The van der Waals surface area contributed by atoms with Crippen molar-refractivity contribution in [2.24, 2.45) is 0 Å². The first-order valence-electron chi connectivity index (χ1n) is 8.16. The van der Waals surface area contributed by atoms with Crippen molar-refractivity contribution < 1.29 is 13.2 Å². The van der Waals surface area contributed by atoms with Gasteiger partial charge >= 0.3 is 0 Å². The van der Waals surface area contributed by atoms with Crippen LogP contribution in [0.3, 0.4) is 0 Å². The molecule has 0 aliphatic rings. The van der Waals surface area contributed by atoms with Gasteiger partial charge in [0.15, 0.2) is 0 Å². The second-order valence-corrected chi connectivity index (χ2v) is 7.96. The molecule has 2 aromatic rings. The van der Waals surface area contributed by atoms with Gasteiger partial charge in [0.2, 0.25) is 10.0 Å². The van der Waals surface area contributed by atoms with Gasteiger partial charge in [-0.15, -0.1) is 0 Å². The highest BCUT2D eigenvalue weighted by atomic mass is 32.2. The van der Waals surface area contributed by atoms with E-state index in [0.717, 1.165) is 23.8 Å². The maximum atomic E-state index is 12.7. The molecule has 0 radical (unpaired) electrons. The molecule has 0 saturated carbocycles. The Bertz CT molecular complexity index is 876. The third-order valence-corrected chi connectivity index (χ3v) is 4.57. The van der Waals surface area contributed by atoms with Gasteiger partial charge in [0.05, 0.1) is 23.5 Å². The van der Waals surface area contributed by atoms with Crippen LogP contribution in [0.15, 0.2) is 42.5 Å². The summed E-state index contributed by atoms with van der Waals surface area (Å²) >= 11 is 0. The molecule has 134 valence electrons. The average molecular weight is 360 g/mol. The highest BCUT2D eigenvalue weighted by Crippen LogP contribution is 2.23. The highest BCUT2D eigenvalue weighted by molar-refractivity contribution is 7.92. The van der Waals surface area contributed by atoms with Crippen LogP contribution in [0.25, 0.3) is 0 Å². The fourth-order valence-electron chi connectivity index (χ4n) is 2.82. The molecule has 0 spiro atoms. The van der Waals surface area contributed by atoms with E-state index in [1.807, 2.05) is 32.9 Å². The van der Waals surface area contributed by atoms with E-state index in [1.165, 1.54) is 5.56 Å². The Morgan fingerprint density at radius 2 is 1.80 bits per heavy atom. The van der Waals surface area contributed by atoms with Crippen LogP contribution in [0.4, 0.5) is 5.69 Å². The topological polar surface area (TPSA) is 75.3 Å². The number of rotatable bonds is 6. The molecule has 25 heavy (non-hydrogen) atoms. The second kappa shape index (κ2) is 7.70. The molecule has 2 N–H and O–H groups in total. The molecule has 2 aromatic carbocycles. The summed E-state index contributed by atoms with van der Waals surface area (Å²) < 4.78 is 25.4. The van der Waals surface area contributed by atoms with Gasteiger partial charge < -0.3 is 5.32 Å². The zero-order valence-electron chi connectivity index (χ0n) is 15.0. The van der Waals surface area contributed by atoms with Crippen molar-refractivity contribution in [2.75, 3.05) is 11.0 Å². The van der Waals surface area contributed by atoms with E-state index in [2.05, 4.69) is 16.1 Å². The smallest absolute Gasteiger partial charge is 0.253 e. The molecule has 0 aromatic heterocycles. The Kier molecular flexibility index (Phi) is 5.85. The van der Waals surface area contributed by atoms with Crippen molar-refractivity contribution in [3.05, 3.63) is 64.7 Å². The first kappa shape index (κ1) is 19.0. The van der Waals surface area contributed by atoms with E-state index in [1.54, 1.807) is 24.3 Å². The molecule has 0 heterocycles. The number of nitrogens with one attached hydrogen (secondary N) is 2. The third-order valence-electron chi connectivity index (χ3n) is 3.98. The number of aryl methyl sites for hydroxylation is 2. The van der Waals surface area contributed by atoms with Crippen molar-refractivity contribution >= 4 is 21.6 Å². The Morgan fingerprint density at radius 1 is 1.12 bits per heavy atom. The fraction of sp³-hybridized carbons (Fsp3) is 0.316. The lowest BCUT2D eigenvalue weighted by molar-refractivity contribution is 0.0936. The van der Waals surface area contributed by atoms with E-state index in [4.69, 9.17) is 0 Å². The molecule has 0 aliphatic heterocycles. The third kappa shape index (κ3) is 5.06. The summed E-state index contributed by atoms with van der Waals surface area (Å²) in [6.07, 6.45) is 1.80. The molecule has 1 amide bonds. The number of carbonyl (C=O) groups excluding carboxylic acids is 1. The molecule has 5 nitrogen and oxygen atoms in total. The molecule has 0 bridgehead atoms. The van der Waals surface area contributed by atoms with Crippen molar-refractivity contribution in [2.45, 2.75) is 33.2 Å². The minimum atomic E-state index is -3.46. The number of hydrogen-bond donors (Lipinski definition) is 2. The standard InChI is InChI=1S/C19H24N2O3S/c1-5-17(15-11-10-13(2)12-14(15)3)20-19(22)16-8-6-7-9-18(16)21-25(4,23)24/h6-12,17,21H,5H2,1-4H3,(H,20,22)/t17-/m1/s1. The summed E-state index contributed by atoms with van der Waals surface area (Å²) in [5.74, 6) is -0.307. The number of anilines is 1. The first-order chi connectivity index (χ1) is 11.7. The molecule has 2 rings (SSSR count). The lowest BCUT2D eigenvalue weighted by atomic mass is 9.97. The molecule has 0 saturated heterocycles. The average Bonchev–Trinajstić information content (AvgIpc) is 2.52. The normalized spacial score (nSPS) is 12.5. The molecule has 0 unspecified atom stereocenters. The van der Waals surface area contributed by atoms with Crippen molar-refractivity contribution in [3.8, 4) is 0 Å². The van der Waals surface area contributed by atoms with Gasteiger partial charge in [-0.1, -0.05) is 42.8 Å². The van der Waals surface area contributed by atoms with Crippen LogP contribution in [-0.4, -0.2) is 20.6 Å². The summed E-state index contributed by atoms with van der Waals surface area (Å²) in [6.45, 7) is 6.06. The highest BCUT2D eigenvalue weighted by Gasteiger charge is 2.19. The minimum Gasteiger partial charge on any atom is -0.345 e. The predicted molar refractivity (Wildman–Crippen MR) is 101 cm³/mol. The summed E-state index contributed by atoms with van der Waals surface area (Å²) in [6, 6.07) is 12.6. The summed E-state index contributed by atoms with van der Waals surface area (Å²) in [7, 11) is -3.46. The van der Waals surface area contributed by atoms with E-state index in [9.17, 15) is 13.2 Å². The molecule has 6 heteroatoms. The Morgan fingerprint density at radius 3 is 2.40 bits per heavy atom. The predicted octanol–water partition coefficient (Wildman–Crippen LogP) is 3.56. The Hall–Kier alpha value is -2.34. The number of amides is 1. The Labute approximate surface area is 149 Å². The lowest BCUT2D eigenvalue weighted by Gasteiger charge is -2.21. The number of hydrogen-bond acceptors (Lipinski definition) is 3. The molecular weight excluding hydrogens is 336 g/mol. The summed E-state index contributed by atoms with van der Waals surface area (Å²) in [5, 5.41) is 3.01. The molecule has 1 atom stereocenters. The Balaban J connectivity index is 2.29. The largest absolute Gasteiger partial charge is 0.345 e. The van der Waals surface area contributed by atoms with Crippen LogP contribution in [0.1, 0.15) is 46.4 Å².